The number of hydrogen-bond donors (Lipinski definition) is 1. The molecule has 0 spiro atoms. The van der Waals surface area contributed by atoms with Gasteiger partial charge >= 0.3 is 5.97 Å². The highest BCUT2D eigenvalue weighted by atomic mass is 19.1. The van der Waals surface area contributed by atoms with Gasteiger partial charge in [0.05, 0.1) is 22.6 Å². The smallest absolute Gasteiger partial charge is 0.303 e. The molecule has 2 heterocycles. The minimum Gasteiger partial charge on any atom is -0.481 e. The summed E-state index contributed by atoms with van der Waals surface area (Å²) in [5.41, 5.74) is 2.61. The molecular formula is C19H22FN3O3. The van der Waals surface area contributed by atoms with Crippen molar-refractivity contribution in [1.82, 2.24) is 14.7 Å². The van der Waals surface area contributed by atoms with Crippen molar-refractivity contribution < 1.29 is 19.1 Å². The second-order valence-corrected chi connectivity index (χ2v) is 6.77. The fourth-order valence-corrected chi connectivity index (χ4v) is 3.53. The van der Waals surface area contributed by atoms with Gasteiger partial charge in [-0.25, -0.2) is 9.07 Å². The van der Waals surface area contributed by atoms with E-state index in [1.807, 2.05) is 6.92 Å². The molecule has 138 valence electrons. The van der Waals surface area contributed by atoms with E-state index in [1.165, 1.54) is 12.1 Å². The number of carboxylic acid groups (broad SMARTS) is 1. The Labute approximate surface area is 151 Å². The lowest BCUT2D eigenvalue weighted by Crippen LogP contribution is -2.39. The Morgan fingerprint density at radius 3 is 2.38 bits per heavy atom. The van der Waals surface area contributed by atoms with Crippen LogP contribution in [0, 0.1) is 25.6 Å². The van der Waals surface area contributed by atoms with Crippen LogP contribution in [0.2, 0.25) is 0 Å². The van der Waals surface area contributed by atoms with Gasteiger partial charge in [0.15, 0.2) is 0 Å². The van der Waals surface area contributed by atoms with Crippen LogP contribution < -0.4 is 0 Å². The molecule has 1 saturated heterocycles. The van der Waals surface area contributed by atoms with Crippen molar-refractivity contribution in [3.63, 3.8) is 0 Å². The van der Waals surface area contributed by atoms with Crippen LogP contribution in [0.1, 0.15) is 41.0 Å². The molecule has 2 aromatic rings. The van der Waals surface area contributed by atoms with Crippen LogP contribution in [0.25, 0.3) is 5.69 Å². The number of benzene rings is 1. The predicted molar refractivity (Wildman–Crippen MR) is 93.9 cm³/mol. The lowest BCUT2D eigenvalue weighted by atomic mass is 9.93. The van der Waals surface area contributed by atoms with Gasteiger partial charge in [0.1, 0.15) is 5.82 Å². The summed E-state index contributed by atoms with van der Waals surface area (Å²) in [5.74, 6) is -1.07. The minimum absolute atomic E-state index is 0.0814. The maximum absolute atomic E-state index is 13.1. The maximum Gasteiger partial charge on any atom is 0.303 e. The molecule has 7 heteroatoms. The molecule has 0 atom stereocenters. The first-order valence-corrected chi connectivity index (χ1v) is 8.70. The van der Waals surface area contributed by atoms with Crippen LogP contribution in [-0.4, -0.2) is 44.8 Å². The number of nitrogens with zero attached hydrogens (tertiary/aromatic N) is 3. The molecular weight excluding hydrogens is 337 g/mol. The highest BCUT2D eigenvalue weighted by molar-refractivity contribution is 5.96. The SMILES string of the molecule is Cc1nn(-c2ccc(F)cc2)c(C)c1C(=O)N1CCC(CC(=O)O)CC1. The number of likely N-dealkylation sites (tertiary alicyclic amines) is 1. The lowest BCUT2D eigenvalue weighted by molar-refractivity contribution is -0.138. The van der Waals surface area contributed by atoms with Gasteiger partial charge < -0.3 is 10.0 Å². The first kappa shape index (κ1) is 18.1. The van der Waals surface area contributed by atoms with Gasteiger partial charge in [-0.1, -0.05) is 0 Å². The summed E-state index contributed by atoms with van der Waals surface area (Å²) in [7, 11) is 0. The summed E-state index contributed by atoms with van der Waals surface area (Å²) < 4.78 is 14.8. The second-order valence-electron chi connectivity index (χ2n) is 6.77. The zero-order valence-corrected chi connectivity index (χ0v) is 14.9. The number of carboxylic acids is 1. The average molecular weight is 359 g/mol. The average Bonchev–Trinajstić information content (AvgIpc) is 2.89. The third kappa shape index (κ3) is 3.61. The summed E-state index contributed by atoms with van der Waals surface area (Å²) in [4.78, 5) is 25.6. The number of hydrogen-bond acceptors (Lipinski definition) is 3. The predicted octanol–water partition coefficient (Wildman–Crippen LogP) is 2.96. The van der Waals surface area contributed by atoms with Gasteiger partial charge in [0, 0.05) is 19.5 Å². The Kier molecular flexibility index (Phi) is 5.06. The number of halogens is 1. The Morgan fingerprint density at radius 2 is 1.81 bits per heavy atom. The number of piperidine rings is 1. The number of aryl methyl sites for hydroxylation is 1. The van der Waals surface area contributed by atoms with Crippen LogP contribution >= 0.6 is 0 Å². The normalized spacial score (nSPS) is 15.3. The van der Waals surface area contributed by atoms with Gasteiger partial charge in [0.2, 0.25) is 0 Å². The molecule has 0 saturated carbocycles. The van der Waals surface area contributed by atoms with Crippen molar-refractivity contribution in [1.29, 1.82) is 0 Å². The van der Waals surface area contributed by atoms with Gasteiger partial charge in [0.25, 0.3) is 5.91 Å². The van der Waals surface area contributed by atoms with Crippen molar-refractivity contribution in [2.75, 3.05) is 13.1 Å². The van der Waals surface area contributed by atoms with Crippen LogP contribution in [0.4, 0.5) is 4.39 Å². The van der Waals surface area contributed by atoms with Crippen LogP contribution in [-0.2, 0) is 4.79 Å². The molecule has 1 aliphatic rings. The molecule has 0 aliphatic carbocycles. The highest BCUT2D eigenvalue weighted by Crippen LogP contribution is 2.25. The van der Waals surface area contributed by atoms with Gasteiger partial charge in [-0.2, -0.15) is 5.10 Å². The van der Waals surface area contributed by atoms with E-state index >= 15 is 0 Å². The Balaban J connectivity index is 1.78. The van der Waals surface area contributed by atoms with Crippen molar-refractivity contribution in [2.45, 2.75) is 33.1 Å². The number of aromatic nitrogens is 2. The van der Waals surface area contributed by atoms with E-state index in [0.29, 0.717) is 48.6 Å². The van der Waals surface area contributed by atoms with E-state index in [1.54, 1.807) is 28.6 Å². The van der Waals surface area contributed by atoms with Gasteiger partial charge in [-0.15, -0.1) is 0 Å². The number of carbonyl (C=O) groups is 2. The third-order valence-electron chi connectivity index (χ3n) is 4.94. The Bertz CT molecular complexity index is 821. The summed E-state index contributed by atoms with van der Waals surface area (Å²) >= 11 is 0. The first-order chi connectivity index (χ1) is 12.4. The molecule has 1 N–H and O–H groups in total. The molecule has 1 amide bonds. The molecule has 0 unspecified atom stereocenters. The molecule has 0 bridgehead atoms. The van der Waals surface area contributed by atoms with Crippen molar-refractivity contribution in [2.24, 2.45) is 5.92 Å². The molecule has 0 radical (unpaired) electrons. The van der Waals surface area contributed by atoms with Gasteiger partial charge in [-0.05, 0) is 56.9 Å². The maximum atomic E-state index is 13.1. The van der Waals surface area contributed by atoms with Crippen LogP contribution in [0.5, 0.6) is 0 Å². The number of rotatable bonds is 4. The fraction of sp³-hybridized carbons (Fsp3) is 0.421. The zero-order valence-electron chi connectivity index (χ0n) is 14.9. The van der Waals surface area contributed by atoms with E-state index in [-0.39, 0.29) is 24.1 Å². The molecule has 1 fully saturated rings. The topological polar surface area (TPSA) is 75.4 Å². The van der Waals surface area contributed by atoms with Crippen molar-refractivity contribution in [3.8, 4) is 5.69 Å². The molecule has 6 nitrogen and oxygen atoms in total. The van der Waals surface area contributed by atoms with Crippen LogP contribution in [0.3, 0.4) is 0 Å². The summed E-state index contributed by atoms with van der Waals surface area (Å²) in [5, 5.41) is 13.4. The van der Waals surface area contributed by atoms with Crippen LogP contribution in [0.15, 0.2) is 24.3 Å². The van der Waals surface area contributed by atoms with E-state index in [4.69, 9.17) is 5.11 Å². The lowest BCUT2D eigenvalue weighted by Gasteiger charge is -2.31. The number of carbonyl (C=O) groups excluding carboxylic acids is 1. The van der Waals surface area contributed by atoms with Crippen molar-refractivity contribution in [3.05, 3.63) is 47.0 Å². The summed E-state index contributed by atoms with van der Waals surface area (Å²) in [6.45, 7) is 4.72. The summed E-state index contributed by atoms with van der Waals surface area (Å²) in [6, 6.07) is 5.97. The third-order valence-corrected chi connectivity index (χ3v) is 4.94. The zero-order chi connectivity index (χ0) is 18.8. The molecule has 1 aromatic heterocycles. The van der Waals surface area contributed by atoms with E-state index in [9.17, 15) is 14.0 Å². The van der Waals surface area contributed by atoms with Gasteiger partial charge in [-0.3, -0.25) is 9.59 Å². The highest BCUT2D eigenvalue weighted by Gasteiger charge is 2.28. The second kappa shape index (κ2) is 7.27. The quantitative estimate of drug-likeness (QED) is 0.911. The molecule has 1 aromatic carbocycles. The van der Waals surface area contributed by atoms with E-state index in [0.717, 1.165) is 0 Å². The Hall–Kier alpha value is -2.70. The van der Waals surface area contributed by atoms with E-state index < -0.39 is 5.97 Å². The minimum atomic E-state index is -0.790. The molecule has 3 rings (SSSR count). The Morgan fingerprint density at radius 1 is 1.19 bits per heavy atom. The summed E-state index contributed by atoms with van der Waals surface area (Å²) in [6.07, 6.45) is 1.55. The number of amides is 1. The molecule has 26 heavy (non-hydrogen) atoms. The molecule has 1 aliphatic heterocycles. The monoisotopic (exact) mass is 359 g/mol. The number of aliphatic carboxylic acids is 1. The van der Waals surface area contributed by atoms with E-state index in [2.05, 4.69) is 5.10 Å². The fourth-order valence-electron chi connectivity index (χ4n) is 3.53. The standard InChI is InChI=1S/C19H22FN3O3/c1-12-18(13(2)23(21-12)16-5-3-15(20)4-6-16)19(26)22-9-7-14(8-10-22)11-17(24)25/h3-6,14H,7-11H2,1-2H3,(H,24,25). The largest absolute Gasteiger partial charge is 0.481 e. The van der Waals surface area contributed by atoms with Crippen molar-refractivity contribution >= 4 is 11.9 Å². The first-order valence-electron chi connectivity index (χ1n) is 8.70.